The normalized spacial score (nSPS) is 40.4. The number of ketones is 1. The maximum atomic E-state index is 15.2. The smallest absolute Gasteiger partial charge is 0.414 e. The fourth-order valence-corrected chi connectivity index (χ4v) is 11.6. The number of ether oxygens (including phenoxy) is 8. The van der Waals surface area contributed by atoms with Gasteiger partial charge in [-0.25, -0.2) is 9.18 Å². The molecule has 5 fully saturated rings. The standard InChI is InChI=1S/C53H85FN4O18/c1-12-38-53(9,68)44(62)30(4)41(60)28(2)24-51(7,67)46(31(5)43(32(6)47(64)73-38)74-40-25-52(8,69-11)45(63)48(65)75-40)76-49-42(61)37(22-29(3)71-49)56(10)17-13-14-39(59)55-26-34-27-58(50(66)72-34)33-15-16-36(35(54)23-33)57-18-20-70-21-19-57/h15-16,23,28-32,34,37-38,40,42-46,48-49,61-63,65,67-68H,12-14,17-22,24-27H2,1-11H3,(H,55,59)/t28-,29-,30+,31+,32-,34+,37+,38-,40-,42-,43+,44-,45+,46-,48-,49+,51-,52-,53-/m1/s1. The first-order valence-electron chi connectivity index (χ1n) is 26.8. The van der Waals surface area contributed by atoms with Crippen LogP contribution in [0.2, 0.25) is 0 Å². The van der Waals surface area contributed by atoms with Crippen LogP contribution in [0.25, 0.3) is 0 Å². The lowest BCUT2D eigenvalue weighted by molar-refractivity contribution is -0.348. The van der Waals surface area contributed by atoms with Crippen LogP contribution >= 0.6 is 0 Å². The molecule has 0 saturated carbocycles. The molecule has 0 radical (unpaired) electrons. The Morgan fingerprint density at radius 3 is 2.26 bits per heavy atom. The van der Waals surface area contributed by atoms with Crippen molar-refractivity contribution in [2.75, 3.05) is 69.9 Å². The zero-order chi connectivity index (χ0) is 56.2. The van der Waals surface area contributed by atoms with Gasteiger partial charge in [-0.1, -0.05) is 27.7 Å². The summed E-state index contributed by atoms with van der Waals surface area (Å²) >= 11 is 0. The predicted octanol–water partition coefficient (Wildman–Crippen LogP) is 1.98. The Hall–Kier alpha value is -3.69. The van der Waals surface area contributed by atoms with Gasteiger partial charge < -0.3 is 83.7 Å². The van der Waals surface area contributed by atoms with Crippen LogP contribution in [0.4, 0.5) is 20.6 Å². The molecule has 1 aromatic carbocycles. The van der Waals surface area contributed by atoms with E-state index in [1.807, 2.05) is 9.80 Å². The molecule has 0 unspecified atom stereocenters. The minimum Gasteiger partial charge on any atom is -0.459 e. The number of Topliss-reactive ketones (excluding diaryl/α,β-unsaturated/α-hetero) is 1. The van der Waals surface area contributed by atoms with E-state index in [-0.39, 0.29) is 44.7 Å². The van der Waals surface area contributed by atoms with E-state index in [0.717, 1.165) is 0 Å². The van der Waals surface area contributed by atoms with E-state index >= 15 is 4.39 Å². The lowest BCUT2D eigenvalue weighted by Crippen LogP contribution is -2.61. The number of amides is 2. The second-order valence-corrected chi connectivity index (χ2v) is 22.4. The van der Waals surface area contributed by atoms with Crippen molar-refractivity contribution in [2.45, 2.75) is 191 Å². The number of nitrogens with zero attached hydrogens (tertiary/aromatic N) is 3. The maximum Gasteiger partial charge on any atom is 0.414 e. The summed E-state index contributed by atoms with van der Waals surface area (Å²) in [5, 5.41) is 72.4. The number of aliphatic hydroxyl groups is 6. The highest BCUT2D eigenvalue weighted by atomic mass is 19.1. The molecule has 0 aliphatic carbocycles. The molecule has 0 spiro atoms. The van der Waals surface area contributed by atoms with Crippen LogP contribution < -0.4 is 15.1 Å². The molecular weight excluding hydrogens is 1000 g/mol. The summed E-state index contributed by atoms with van der Waals surface area (Å²) in [5.74, 6) is -6.52. The van der Waals surface area contributed by atoms with Gasteiger partial charge in [0.2, 0.25) is 5.91 Å². The zero-order valence-electron chi connectivity index (χ0n) is 46.0. The SMILES string of the molecule is CC[C@H]1OC(=O)[C@H](C)[C@@H](O[C@H]2C[C@@](C)(OC)[C@@H](O)[C@H](O)O2)[C@H](C)[C@@H](O[C@@H]2O[C@H](C)C[C@H](N(C)CCCC(=O)NC[C@H]3CN(c4ccc(N5CCOCC5)c(F)c4)C(=O)O3)[C@H]2O)[C@](C)(O)C[C@@H](C)C(=O)[C@H](C)[C@@H](O)[C@]1(C)O. The Kier molecular flexibility index (Phi) is 20.7. The van der Waals surface area contributed by atoms with E-state index < -0.39 is 138 Å². The van der Waals surface area contributed by atoms with E-state index in [2.05, 4.69) is 5.32 Å². The summed E-state index contributed by atoms with van der Waals surface area (Å²) in [6.45, 7) is 16.5. The molecule has 0 bridgehead atoms. The minimum atomic E-state index is -2.09. The summed E-state index contributed by atoms with van der Waals surface area (Å²) in [7, 11) is 3.13. The van der Waals surface area contributed by atoms with Crippen molar-refractivity contribution < 1.29 is 92.1 Å². The van der Waals surface area contributed by atoms with Gasteiger partial charge >= 0.3 is 12.1 Å². The van der Waals surface area contributed by atoms with Crippen LogP contribution in [-0.2, 0) is 52.3 Å². The monoisotopic (exact) mass is 1080 g/mol. The quantitative estimate of drug-likeness (QED) is 0.124. The van der Waals surface area contributed by atoms with Crippen LogP contribution in [0.5, 0.6) is 0 Å². The number of halogens is 1. The lowest BCUT2D eigenvalue weighted by Gasteiger charge is -2.49. The third-order valence-electron chi connectivity index (χ3n) is 16.4. The number of rotatable bonds is 15. The van der Waals surface area contributed by atoms with Crippen molar-refractivity contribution >= 4 is 35.1 Å². The van der Waals surface area contributed by atoms with Crippen molar-refractivity contribution in [1.29, 1.82) is 0 Å². The molecule has 7 N–H and O–H groups in total. The van der Waals surface area contributed by atoms with E-state index in [1.54, 1.807) is 53.8 Å². The zero-order valence-corrected chi connectivity index (χ0v) is 46.0. The van der Waals surface area contributed by atoms with Gasteiger partial charge in [0.1, 0.15) is 47.2 Å². The molecule has 0 aromatic heterocycles. The van der Waals surface area contributed by atoms with Gasteiger partial charge in [-0.2, -0.15) is 0 Å². The summed E-state index contributed by atoms with van der Waals surface area (Å²) in [6, 6.07) is 4.00. The average Bonchev–Trinajstić information content (AvgIpc) is 3.76. The highest BCUT2D eigenvalue weighted by Gasteiger charge is 2.54. The third-order valence-corrected chi connectivity index (χ3v) is 16.4. The molecule has 6 rings (SSSR count). The highest BCUT2D eigenvalue weighted by Crippen LogP contribution is 2.41. The summed E-state index contributed by atoms with van der Waals surface area (Å²) in [5.41, 5.74) is -4.66. The molecule has 1 aromatic rings. The number of aliphatic hydroxyl groups excluding tert-OH is 4. The van der Waals surface area contributed by atoms with Crippen molar-refractivity contribution in [1.82, 2.24) is 10.2 Å². The Labute approximate surface area is 445 Å². The van der Waals surface area contributed by atoms with Gasteiger partial charge in [0.05, 0.1) is 73.6 Å². The Morgan fingerprint density at radius 1 is 0.934 bits per heavy atom. The number of carbonyl (C=O) groups is 4. The fourth-order valence-electron chi connectivity index (χ4n) is 11.6. The van der Waals surface area contributed by atoms with Gasteiger partial charge in [-0.15, -0.1) is 0 Å². The molecule has 23 heteroatoms. The predicted molar refractivity (Wildman–Crippen MR) is 271 cm³/mol. The number of anilines is 2. The number of nitrogens with one attached hydrogen (secondary N) is 1. The van der Waals surface area contributed by atoms with E-state index in [0.29, 0.717) is 57.1 Å². The van der Waals surface area contributed by atoms with Crippen LogP contribution in [0.3, 0.4) is 0 Å². The van der Waals surface area contributed by atoms with Gasteiger partial charge in [0.15, 0.2) is 18.9 Å². The number of morpholine rings is 1. The first-order chi connectivity index (χ1) is 35.6. The minimum absolute atomic E-state index is 0.0380. The number of esters is 1. The second-order valence-electron chi connectivity index (χ2n) is 22.4. The topological polar surface area (TPSA) is 285 Å². The lowest BCUT2D eigenvalue weighted by atomic mass is 9.74. The Morgan fingerprint density at radius 2 is 1.62 bits per heavy atom. The fraction of sp³-hybridized carbons (Fsp3) is 0.811. The molecule has 5 aliphatic rings. The molecule has 5 saturated heterocycles. The molecule has 76 heavy (non-hydrogen) atoms. The largest absolute Gasteiger partial charge is 0.459 e. The molecule has 2 amide bonds. The third kappa shape index (κ3) is 14.0. The molecule has 22 nitrogen and oxygen atoms in total. The van der Waals surface area contributed by atoms with Crippen LogP contribution in [-0.4, -0.2) is 210 Å². The molecular formula is C53H85FN4O18. The van der Waals surface area contributed by atoms with Crippen molar-refractivity contribution in [3.05, 3.63) is 24.0 Å². The number of methoxy groups -OCH3 is 1. The van der Waals surface area contributed by atoms with Crippen molar-refractivity contribution in [3.63, 3.8) is 0 Å². The van der Waals surface area contributed by atoms with Crippen LogP contribution in [0.1, 0.15) is 101 Å². The molecule has 5 heterocycles. The number of likely N-dealkylation sites (N-methyl/N-ethyl adjacent to an activating group) is 1. The van der Waals surface area contributed by atoms with Gasteiger partial charge in [-0.3, -0.25) is 19.3 Å². The van der Waals surface area contributed by atoms with Gasteiger partial charge in [-0.05, 0) is 92.1 Å². The molecule has 5 aliphatic heterocycles. The Balaban J connectivity index is 1.15. The number of benzene rings is 1. The van der Waals surface area contributed by atoms with Crippen LogP contribution in [0.15, 0.2) is 18.2 Å². The molecule has 19 atom stereocenters. The van der Waals surface area contributed by atoms with E-state index in [1.165, 1.54) is 45.8 Å². The summed E-state index contributed by atoms with van der Waals surface area (Å²) in [4.78, 5) is 59.4. The number of cyclic esters (lactones) is 2. The number of hydrogen-bond donors (Lipinski definition) is 7. The number of hydrogen-bond acceptors (Lipinski definition) is 20. The first-order valence-corrected chi connectivity index (χ1v) is 26.8. The van der Waals surface area contributed by atoms with Crippen molar-refractivity contribution in [2.24, 2.45) is 23.7 Å². The van der Waals surface area contributed by atoms with Gasteiger partial charge in [0.25, 0.3) is 0 Å². The van der Waals surface area contributed by atoms with E-state index in [4.69, 9.17) is 37.9 Å². The average molecular weight is 1090 g/mol. The summed E-state index contributed by atoms with van der Waals surface area (Å²) in [6.07, 6.45) is -14.3. The first kappa shape index (κ1) is 61.5. The highest BCUT2D eigenvalue weighted by molar-refractivity contribution is 5.90. The van der Waals surface area contributed by atoms with Gasteiger partial charge in [0, 0.05) is 56.8 Å². The van der Waals surface area contributed by atoms with Crippen LogP contribution in [0, 0.1) is 29.5 Å². The summed E-state index contributed by atoms with van der Waals surface area (Å²) < 4.78 is 62.8. The Bertz CT molecular complexity index is 2140. The number of carbonyl (C=O) groups excluding carboxylic acids is 4. The molecule has 432 valence electrons. The van der Waals surface area contributed by atoms with Crippen molar-refractivity contribution in [3.8, 4) is 0 Å². The van der Waals surface area contributed by atoms with E-state index in [9.17, 15) is 49.8 Å². The maximum absolute atomic E-state index is 15.2. The second kappa shape index (κ2) is 25.6.